The number of benzene rings is 2. The summed E-state index contributed by atoms with van der Waals surface area (Å²) < 4.78 is 49.1. The van der Waals surface area contributed by atoms with Gasteiger partial charge >= 0.3 is 5.76 Å². The number of alkyl halides is 2. The average molecular weight is 388 g/mol. The molecule has 0 aliphatic rings. The number of carbonyl (C=O) groups is 1. The molecule has 8 heteroatoms. The van der Waals surface area contributed by atoms with Crippen LogP contribution in [-0.2, 0) is 14.6 Å². The molecule has 1 amide bonds. The molecule has 2 aromatic carbocycles. The Balaban J connectivity index is 1.86. The van der Waals surface area contributed by atoms with E-state index in [4.69, 9.17) is 0 Å². The molecule has 5 nitrogen and oxygen atoms in total. The van der Waals surface area contributed by atoms with Crippen LogP contribution in [0, 0.1) is 0 Å². The zero-order valence-electron chi connectivity index (χ0n) is 13.8. The number of sulfone groups is 1. The first-order valence-corrected chi connectivity index (χ1v) is 9.38. The van der Waals surface area contributed by atoms with Crippen LogP contribution < -0.4 is 5.32 Å². The highest BCUT2D eigenvalue weighted by Gasteiger charge is 2.29. The second-order valence-electron chi connectivity index (χ2n) is 5.55. The zero-order chi connectivity index (χ0) is 19.4. The fourth-order valence-corrected chi connectivity index (χ4v) is 3.40. The molecule has 0 aliphatic carbocycles. The van der Waals surface area contributed by atoms with Crippen molar-refractivity contribution in [2.45, 2.75) is 10.7 Å². The highest BCUT2D eigenvalue weighted by Crippen LogP contribution is 2.26. The first-order valence-electron chi connectivity index (χ1n) is 7.83. The second kappa shape index (κ2) is 7.63. The van der Waals surface area contributed by atoms with E-state index in [1.807, 2.05) is 18.2 Å². The van der Waals surface area contributed by atoms with Crippen LogP contribution in [0.25, 0.3) is 17.0 Å². The number of hydrogen-bond acceptors (Lipinski definition) is 4. The summed E-state index contributed by atoms with van der Waals surface area (Å²) in [6.07, 6.45) is 4.34. The SMILES string of the molecule is O=C(C=Cc1cccc2cccnc12)Nc1ccccc1S(=O)(=O)C(F)F. The predicted molar refractivity (Wildman–Crippen MR) is 99.0 cm³/mol. The van der Waals surface area contributed by atoms with Crippen LogP contribution in [0.15, 0.2) is 71.8 Å². The largest absolute Gasteiger partial charge is 0.341 e. The van der Waals surface area contributed by atoms with Crippen molar-refractivity contribution in [3.63, 3.8) is 0 Å². The molecule has 0 saturated heterocycles. The number of aromatic nitrogens is 1. The average Bonchev–Trinajstić information content (AvgIpc) is 2.66. The van der Waals surface area contributed by atoms with Crippen molar-refractivity contribution in [2.75, 3.05) is 5.32 Å². The minimum atomic E-state index is -4.83. The summed E-state index contributed by atoms with van der Waals surface area (Å²) in [6, 6.07) is 14.2. The van der Waals surface area contributed by atoms with Gasteiger partial charge in [0.15, 0.2) is 0 Å². The summed E-state index contributed by atoms with van der Waals surface area (Å²) in [5, 5.41) is 3.23. The number of anilines is 1. The predicted octanol–water partition coefficient (Wildman–Crippen LogP) is 3.88. The standard InChI is InChI=1S/C19H14F2N2O3S/c20-19(21)27(25,26)16-9-2-1-8-15(16)23-17(24)11-10-14-6-3-5-13-7-4-12-22-18(13)14/h1-12,19H,(H,23,24). The number of halogens is 2. The summed E-state index contributed by atoms with van der Waals surface area (Å²) in [4.78, 5) is 15.8. The van der Waals surface area contributed by atoms with E-state index >= 15 is 0 Å². The van der Waals surface area contributed by atoms with Gasteiger partial charge < -0.3 is 5.32 Å². The summed E-state index contributed by atoms with van der Waals surface area (Å²) in [6.45, 7) is 0. The van der Waals surface area contributed by atoms with Gasteiger partial charge in [-0.15, -0.1) is 0 Å². The Hall–Kier alpha value is -3.13. The molecule has 0 spiro atoms. The Morgan fingerprint density at radius 1 is 1.04 bits per heavy atom. The summed E-state index contributed by atoms with van der Waals surface area (Å²) in [5.74, 6) is -4.23. The normalized spacial score (nSPS) is 12.0. The Bertz CT molecular complexity index is 1120. The fraction of sp³-hybridized carbons (Fsp3) is 0.0526. The smallest absolute Gasteiger partial charge is 0.321 e. The molecule has 3 rings (SSSR count). The molecule has 1 aromatic heterocycles. The second-order valence-corrected chi connectivity index (χ2v) is 7.43. The first kappa shape index (κ1) is 18.7. The number of amides is 1. The number of hydrogen-bond donors (Lipinski definition) is 1. The molecule has 0 unspecified atom stereocenters. The maximum absolute atomic E-state index is 12.8. The molecule has 0 fully saturated rings. The van der Waals surface area contributed by atoms with E-state index in [-0.39, 0.29) is 5.69 Å². The van der Waals surface area contributed by atoms with Gasteiger partial charge in [0.05, 0.1) is 16.1 Å². The minimum absolute atomic E-state index is 0.205. The number of pyridine rings is 1. The van der Waals surface area contributed by atoms with Crippen LogP contribution >= 0.6 is 0 Å². The molecule has 3 aromatic rings. The Morgan fingerprint density at radius 2 is 1.78 bits per heavy atom. The van der Waals surface area contributed by atoms with Crippen LogP contribution in [0.5, 0.6) is 0 Å². The topological polar surface area (TPSA) is 76.1 Å². The number of fused-ring (bicyclic) bond motifs is 1. The number of carbonyl (C=O) groups excluding carboxylic acids is 1. The third kappa shape index (κ3) is 4.01. The van der Waals surface area contributed by atoms with Gasteiger partial charge in [-0.1, -0.05) is 36.4 Å². The van der Waals surface area contributed by atoms with E-state index in [0.29, 0.717) is 11.1 Å². The van der Waals surface area contributed by atoms with Crippen LogP contribution in [0.1, 0.15) is 5.56 Å². The maximum Gasteiger partial charge on any atom is 0.341 e. The molecule has 138 valence electrons. The third-order valence-electron chi connectivity index (χ3n) is 3.76. The number of nitrogens with zero attached hydrogens (tertiary/aromatic N) is 1. The van der Waals surface area contributed by atoms with Gasteiger partial charge in [0.2, 0.25) is 15.7 Å². The molecular weight excluding hydrogens is 374 g/mol. The van der Waals surface area contributed by atoms with Gasteiger partial charge in [-0.05, 0) is 24.3 Å². The molecule has 27 heavy (non-hydrogen) atoms. The van der Waals surface area contributed by atoms with Crippen LogP contribution in [0.2, 0.25) is 0 Å². The van der Waals surface area contributed by atoms with E-state index in [1.54, 1.807) is 18.3 Å². The van der Waals surface area contributed by atoms with Crippen molar-refractivity contribution >= 4 is 38.4 Å². The lowest BCUT2D eigenvalue weighted by Crippen LogP contribution is -2.16. The lowest BCUT2D eigenvalue weighted by atomic mass is 10.1. The molecule has 0 radical (unpaired) electrons. The van der Waals surface area contributed by atoms with Gasteiger partial charge in [-0.25, -0.2) is 8.42 Å². The monoisotopic (exact) mass is 388 g/mol. The Kier molecular flexibility index (Phi) is 5.27. The number of rotatable bonds is 5. The molecule has 1 N–H and O–H groups in total. The van der Waals surface area contributed by atoms with Crippen LogP contribution in [-0.4, -0.2) is 25.1 Å². The molecule has 0 saturated carbocycles. The molecule has 0 bridgehead atoms. The highest BCUT2D eigenvalue weighted by atomic mass is 32.2. The summed E-state index contributed by atoms with van der Waals surface area (Å²) in [5.41, 5.74) is 1.19. The fourth-order valence-electron chi connectivity index (χ4n) is 2.52. The van der Waals surface area contributed by atoms with Crippen molar-refractivity contribution in [1.29, 1.82) is 0 Å². The van der Waals surface area contributed by atoms with E-state index in [1.165, 1.54) is 30.4 Å². The van der Waals surface area contributed by atoms with E-state index in [0.717, 1.165) is 11.5 Å². The lowest BCUT2D eigenvalue weighted by Gasteiger charge is -2.10. The molecule has 0 atom stereocenters. The van der Waals surface area contributed by atoms with Crippen molar-refractivity contribution in [3.8, 4) is 0 Å². The van der Waals surface area contributed by atoms with Gasteiger partial charge in [0.1, 0.15) is 0 Å². The minimum Gasteiger partial charge on any atom is -0.321 e. The summed E-state index contributed by atoms with van der Waals surface area (Å²) in [7, 11) is -4.83. The zero-order valence-corrected chi connectivity index (χ0v) is 14.7. The van der Waals surface area contributed by atoms with Gasteiger partial charge in [-0.3, -0.25) is 9.78 Å². The summed E-state index contributed by atoms with van der Waals surface area (Å²) >= 11 is 0. The van der Waals surface area contributed by atoms with Gasteiger partial charge in [0.25, 0.3) is 0 Å². The van der Waals surface area contributed by atoms with E-state index in [2.05, 4.69) is 10.3 Å². The number of para-hydroxylation sites is 2. The Morgan fingerprint density at radius 3 is 2.56 bits per heavy atom. The van der Waals surface area contributed by atoms with Gasteiger partial charge in [0, 0.05) is 23.2 Å². The maximum atomic E-state index is 12.8. The van der Waals surface area contributed by atoms with Gasteiger partial charge in [-0.2, -0.15) is 8.78 Å². The third-order valence-corrected chi connectivity index (χ3v) is 5.20. The lowest BCUT2D eigenvalue weighted by molar-refractivity contribution is -0.111. The van der Waals surface area contributed by atoms with Crippen LogP contribution in [0.3, 0.4) is 0 Å². The highest BCUT2D eigenvalue weighted by molar-refractivity contribution is 7.91. The Labute approximate surface area is 154 Å². The van der Waals surface area contributed by atoms with Crippen molar-refractivity contribution in [2.24, 2.45) is 0 Å². The molecule has 1 heterocycles. The number of nitrogens with one attached hydrogen (secondary N) is 1. The van der Waals surface area contributed by atoms with E-state index < -0.39 is 26.4 Å². The molecule has 0 aliphatic heterocycles. The van der Waals surface area contributed by atoms with Crippen LogP contribution in [0.4, 0.5) is 14.5 Å². The van der Waals surface area contributed by atoms with Crippen molar-refractivity contribution in [1.82, 2.24) is 4.98 Å². The van der Waals surface area contributed by atoms with E-state index in [9.17, 15) is 22.0 Å². The van der Waals surface area contributed by atoms with Crippen molar-refractivity contribution < 1.29 is 22.0 Å². The quantitative estimate of drug-likeness (QED) is 0.673. The first-order chi connectivity index (χ1) is 12.9. The molecular formula is C19H14F2N2O3S. The van der Waals surface area contributed by atoms with Crippen molar-refractivity contribution in [3.05, 3.63) is 72.4 Å².